The van der Waals surface area contributed by atoms with Crippen molar-refractivity contribution >= 4 is 29.9 Å². The number of benzene rings is 1. The highest BCUT2D eigenvalue weighted by Crippen LogP contribution is 2.22. The van der Waals surface area contributed by atoms with Gasteiger partial charge in [-0.1, -0.05) is 12.1 Å². The van der Waals surface area contributed by atoms with Gasteiger partial charge in [0.15, 0.2) is 12.6 Å². The number of ether oxygens (including phenoxy) is 2. The molecule has 1 unspecified atom stereocenters. The molecule has 31 heavy (non-hydrogen) atoms. The van der Waals surface area contributed by atoms with Gasteiger partial charge >= 0.3 is 6.18 Å². The number of nitrogens with one attached hydrogen (secondary N) is 1. The third-order valence-corrected chi connectivity index (χ3v) is 4.53. The van der Waals surface area contributed by atoms with Crippen LogP contribution in [0.25, 0.3) is 0 Å². The lowest BCUT2D eigenvalue weighted by Crippen LogP contribution is -2.48. The van der Waals surface area contributed by atoms with E-state index in [4.69, 9.17) is 9.47 Å². The second kappa shape index (κ2) is 11.6. The molecule has 1 N–H and O–H groups in total. The summed E-state index contributed by atoms with van der Waals surface area (Å²) in [5.74, 6) is 0.951. The molecule has 11 heteroatoms. The minimum atomic E-state index is -4.35. The molecule has 1 fully saturated rings. The minimum absolute atomic E-state index is 0. The van der Waals surface area contributed by atoms with Crippen LogP contribution in [0.3, 0.4) is 0 Å². The lowest BCUT2D eigenvalue weighted by Gasteiger charge is -2.34. The number of alkyl halides is 3. The fourth-order valence-corrected chi connectivity index (χ4v) is 3.10. The van der Waals surface area contributed by atoms with Crippen LogP contribution < -0.4 is 10.1 Å². The number of rotatable bonds is 6. The van der Waals surface area contributed by atoms with Crippen LogP contribution in [0.1, 0.15) is 24.2 Å². The van der Waals surface area contributed by atoms with E-state index >= 15 is 0 Å². The van der Waals surface area contributed by atoms with Crippen molar-refractivity contribution < 1.29 is 22.6 Å². The fourth-order valence-electron chi connectivity index (χ4n) is 3.10. The van der Waals surface area contributed by atoms with Crippen LogP contribution in [0.15, 0.2) is 41.7 Å². The SMILES string of the molecule is CCNC(=NCc1ccc(OCC(F)(F)F)cc1)N1CCOC(c2cnn(C)c2)C1.I. The van der Waals surface area contributed by atoms with Crippen LogP contribution in [-0.4, -0.2) is 59.7 Å². The molecule has 7 nitrogen and oxygen atoms in total. The molecule has 2 heterocycles. The Morgan fingerprint density at radius 1 is 1.32 bits per heavy atom. The largest absolute Gasteiger partial charge is 0.484 e. The van der Waals surface area contributed by atoms with E-state index in [2.05, 4.69) is 20.3 Å². The van der Waals surface area contributed by atoms with Crippen LogP contribution in [0.5, 0.6) is 5.75 Å². The Bertz CT molecular complexity index is 842. The predicted octanol–water partition coefficient (Wildman–Crippen LogP) is 3.52. The van der Waals surface area contributed by atoms with E-state index in [0.717, 1.165) is 23.6 Å². The van der Waals surface area contributed by atoms with Gasteiger partial charge in [-0.15, -0.1) is 24.0 Å². The van der Waals surface area contributed by atoms with Crippen molar-refractivity contribution in [1.29, 1.82) is 0 Å². The maximum atomic E-state index is 12.2. The number of hydrogen-bond donors (Lipinski definition) is 1. The smallest absolute Gasteiger partial charge is 0.422 e. The summed E-state index contributed by atoms with van der Waals surface area (Å²) in [6.45, 7) is 3.77. The summed E-state index contributed by atoms with van der Waals surface area (Å²) in [5, 5.41) is 7.51. The van der Waals surface area contributed by atoms with Gasteiger partial charge in [-0.2, -0.15) is 18.3 Å². The van der Waals surface area contributed by atoms with Gasteiger partial charge in [-0.3, -0.25) is 4.68 Å². The predicted molar refractivity (Wildman–Crippen MR) is 122 cm³/mol. The Morgan fingerprint density at radius 2 is 2.06 bits per heavy atom. The highest BCUT2D eigenvalue weighted by atomic mass is 127. The zero-order valence-corrected chi connectivity index (χ0v) is 19.8. The van der Waals surface area contributed by atoms with Gasteiger partial charge in [-0.05, 0) is 24.6 Å². The van der Waals surface area contributed by atoms with E-state index < -0.39 is 12.8 Å². The quantitative estimate of drug-likeness (QED) is 0.337. The summed E-state index contributed by atoms with van der Waals surface area (Å²) in [7, 11) is 1.87. The summed E-state index contributed by atoms with van der Waals surface area (Å²) in [6.07, 6.45) is -0.682. The first-order valence-electron chi connectivity index (χ1n) is 9.76. The van der Waals surface area contributed by atoms with Gasteiger partial charge in [-0.25, -0.2) is 4.99 Å². The van der Waals surface area contributed by atoms with Crippen molar-refractivity contribution in [1.82, 2.24) is 20.0 Å². The Labute approximate surface area is 196 Å². The summed E-state index contributed by atoms with van der Waals surface area (Å²) in [5.41, 5.74) is 1.90. The van der Waals surface area contributed by atoms with Crippen molar-refractivity contribution in [2.75, 3.05) is 32.8 Å². The zero-order valence-electron chi connectivity index (χ0n) is 17.4. The Kier molecular flexibility index (Phi) is 9.41. The molecule has 2 aromatic rings. The maximum absolute atomic E-state index is 12.2. The van der Waals surface area contributed by atoms with Crippen LogP contribution in [0.2, 0.25) is 0 Å². The molecule has 172 valence electrons. The summed E-state index contributed by atoms with van der Waals surface area (Å²) < 4.78 is 49.1. The van der Waals surface area contributed by atoms with Gasteiger partial charge in [0.2, 0.25) is 0 Å². The van der Waals surface area contributed by atoms with Crippen molar-refractivity contribution in [3.8, 4) is 5.75 Å². The van der Waals surface area contributed by atoms with E-state index in [-0.39, 0.29) is 35.8 Å². The highest BCUT2D eigenvalue weighted by Gasteiger charge is 2.28. The van der Waals surface area contributed by atoms with Gasteiger partial charge in [0, 0.05) is 31.9 Å². The molecular formula is C20H27F3IN5O2. The van der Waals surface area contributed by atoms with Gasteiger partial charge in [0.05, 0.1) is 25.9 Å². The topological polar surface area (TPSA) is 63.9 Å². The van der Waals surface area contributed by atoms with Crippen LogP contribution in [-0.2, 0) is 18.3 Å². The average molecular weight is 553 g/mol. The number of aromatic nitrogens is 2. The van der Waals surface area contributed by atoms with E-state index in [1.165, 1.54) is 12.1 Å². The number of guanidine groups is 1. The molecule has 0 saturated carbocycles. The number of morpholine rings is 1. The molecule has 0 amide bonds. The number of halogens is 4. The molecule has 0 radical (unpaired) electrons. The lowest BCUT2D eigenvalue weighted by atomic mass is 10.1. The average Bonchev–Trinajstić information content (AvgIpc) is 3.16. The van der Waals surface area contributed by atoms with Crippen LogP contribution >= 0.6 is 24.0 Å². The van der Waals surface area contributed by atoms with E-state index in [9.17, 15) is 13.2 Å². The molecule has 1 atom stereocenters. The maximum Gasteiger partial charge on any atom is 0.422 e. The van der Waals surface area contributed by atoms with Crippen molar-refractivity contribution in [3.05, 3.63) is 47.8 Å². The number of nitrogens with zero attached hydrogens (tertiary/aromatic N) is 4. The molecule has 0 bridgehead atoms. The van der Waals surface area contributed by atoms with Crippen molar-refractivity contribution in [2.24, 2.45) is 12.0 Å². The number of aryl methyl sites for hydroxylation is 1. The molecule has 0 aliphatic carbocycles. The molecule has 1 aromatic heterocycles. The number of hydrogen-bond acceptors (Lipinski definition) is 4. The highest BCUT2D eigenvalue weighted by molar-refractivity contribution is 14.0. The van der Waals surface area contributed by atoms with Crippen LogP contribution in [0.4, 0.5) is 13.2 Å². The number of aliphatic imine (C=N–C) groups is 1. The molecule has 3 rings (SSSR count). The Balaban J connectivity index is 0.00000341. The Hall–Kier alpha value is -2.02. The zero-order chi connectivity index (χ0) is 21.6. The van der Waals surface area contributed by atoms with Gasteiger partial charge in [0.1, 0.15) is 11.9 Å². The summed E-state index contributed by atoms with van der Waals surface area (Å²) >= 11 is 0. The molecule has 1 aliphatic rings. The third-order valence-electron chi connectivity index (χ3n) is 4.53. The molecule has 1 aromatic carbocycles. The lowest BCUT2D eigenvalue weighted by molar-refractivity contribution is -0.153. The summed E-state index contributed by atoms with van der Waals surface area (Å²) in [6, 6.07) is 6.49. The van der Waals surface area contributed by atoms with E-state index in [1.807, 2.05) is 20.2 Å². The molecule has 0 spiro atoms. The third kappa shape index (κ3) is 7.87. The first-order chi connectivity index (χ1) is 14.3. The first kappa shape index (κ1) is 25.2. The monoisotopic (exact) mass is 553 g/mol. The normalized spacial score (nSPS) is 17.3. The van der Waals surface area contributed by atoms with Crippen molar-refractivity contribution in [2.45, 2.75) is 25.7 Å². The second-order valence-corrected chi connectivity index (χ2v) is 6.97. The van der Waals surface area contributed by atoms with E-state index in [1.54, 1.807) is 23.0 Å². The van der Waals surface area contributed by atoms with Crippen molar-refractivity contribution in [3.63, 3.8) is 0 Å². The molecule has 1 aliphatic heterocycles. The van der Waals surface area contributed by atoms with E-state index in [0.29, 0.717) is 26.2 Å². The van der Waals surface area contributed by atoms with Gasteiger partial charge in [0.25, 0.3) is 0 Å². The molecular weight excluding hydrogens is 526 g/mol. The first-order valence-corrected chi connectivity index (χ1v) is 9.76. The molecule has 1 saturated heterocycles. The van der Waals surface area contributed by atoms with Crippen LogP contribution in [0, 0.1) is 0 Å². The Morgan fingerprint density at radius 3 is 2.68 bits per heavy atom. The standard InChI is InChI=1S/C20H26F3N5O2.HI/c1-3-24-19(28-8-9-29-18(13-28)16-11-26-27(2)12-16)25-10-15-4-6-17(7-5-15)30-14-20(21,22)23;/h4-7,11-12,18H,3,8-10,13-14H2,1-2H3,(H,24,25);1H. The summed E-state index contributed by atoms with van der Waals surface area (Å²) in [4.78, 5) is 6.83. The van der Waals surface area contributed by atoms with Gasteiger partial charge < -0.3 is 19.7 Å². The fraction of sp³-hybridized carbons (Fsp3) is 0.500. The minimum Gasteiger partial charge on any atom is -0.484 e. The second-order valence-electron chi connectivity index (χ2n) is 6.97.